The van der Waals surface area contributed by atoms with Crippen molar-refractivity contribution in [2.45, 2.75) is 37.9 Å². The molecule has 0 bridgehead atoms. The van der Waals surface area contributed by atoms with Crippen LogP contribution in [0.25, 0.3) is 0 Å². The van der Waals surface area contributed by atoms with E-state index in [-0.39, 0.29) is 24.6 Å². The summed E-state index contributed by atoms with van der Waals surface area (Å²) in [5.41, 5.74) is 0. The summed E-state index contributed by atoms with van der Waals surface area (Å²) in [4.78, 5) is 23.8. The summed E-state index contributed by atoms with van der Waals surface area (Å²) in [5.74, 6) is 0.296. The highest BCUT2D eigenvalue weighted by Gasteiger charge is 2.31. The number of ketones is 1. The summed E-state index contributed by atoms with van der Waals surface area (Å²) in [7, 11) is 0. The molecule has 0 saturated carbocycles. The molecule has 0 atom stereocenters. The van der Waals surface area contributed by atoms with E-state index in [1.54, 1.807) is 6.92 Å². The number of carbonyl (C=O) groups is 2. The van der Waals surface area contributed by atoms with Crippen molar-refractivity contribution in [2.75, 3.05) is 12.4 Å². The van der Waals surface area contributed by atoms with E-state index in [2.05, 4.69) is 0 Å². The molecule has 1 aliphatic rings. The second kappa shape index (κ2) is 6.39. The number of Topliss-reactive ketones (excluding diaryl/α,β-unsaturated/α-hetero) is 1. The van der Waals surface area contributed by atoms with Gasteiger partial charge in [0.2, 0.25) is 5.79 Å². The summed E-state index contributed by atoms with van der Waals surface area (Å²) in [6, 6.07) is 5.53. The molecule has 6 heteroatoms. The van der Waals surface area contributed by atoms with Crippen molar-refractivity contribution >= 4 is 23.5 Å². The molecule has 0 saturated heterocycles. The summed E-state index contributed by atoms with van der Waals surface area (Å²) in [5, 5.41) is 0. The second-order valence-corrected chi connectivity index (χ2v) is 6.07. The Morgan fingerprint density at radius 1 is 1.24 bits per heavy atom. The van der Waals surface area contributed by atoms with Crippen LogP contribution in [0.15, 0.2) is 23.1 Å². The van der Waals surface area contributed by atoms with Gasteiger partial charge in [-0.25, -0.2) is 0 Å². The minimum absolute atomic E-state index is 0.156. The highest BCUT2D eigenvalue weighted by atomic mass is 32.2. The van der Waals surface area contributed by atoms with Gasteiger partial charge in [0.15, 0.2) is 17.3 Å². The van der Waals surface area contributed by atoms with Gasteiger partial charge in [0.25, 0.3) is 0 Å². The molecule has 0 aromatic heterocycles. The first kappa shape index (κ1) is 15.7. The summed E-state index contributed by atoms with van der Waals surface area (Å²) >= 11 is 1.36. The number of ether oxygens (including phenoxy) is 3. The number of carbonyl (C=O) groups excluding carboxylic acids is 2. The topological polar surface area (TPSA) is 61.8 Å². The number of rotatable bonds is 6. The van der Waals surface area contributed by atoms with Crippen LogP contribution in [-0.2, 0) is 14.3 Å². The number of hydrogen-bond donors (Lipinski definition) is 0. The SMILES string of the molecule is CCOC(=O)CC(=O)CSc1ccc2c(c1)OC(C)(C)O2. The van der Waals surface area contributed by atoms with E-state index >= 15 is 0 Å². The molecule has 0 fully saturated rings. The van der Waals surface area contributed by atoms with E-state index < -0.39 is 11.8 Å². The fraction of sp³-hybridized carbons (Fsp3) is 0.467. The van der Waals surface area contributed by atoms with Crippen LogP contribution in [0, 0.1) is 0 Å². The van der Waals surface area contributed by atoms with E-state index in [0.717, 1.165) is 4.90 Å². The maximum atomic E-state index is 11.7. The largest absolute Gasteiger partial charge is 0.466 e. The van der Waals surface area contributed by atoms with E-state index in [9.17, 15) is 9.59 Å². The summed E-state index contributed by atoms with van der Waals surface area (Å²) in [6.07, 6.45) is -0.182. The average Bonchev–Trinajstić information content (AvgIpc) is 2.69. The van der Waals surface area contributed by atoms with Gasteiger partial charge in [-0.15, -0.1) is 11.8 Å². The van der Waals surface area contributed by atoms with Crippen molar-refractivity contribution in [1.29, 1.82) is 0 Å². The normalized spacial score (nSPS) is 14.8. The van der Waals surface area contributed by atoms with Gasteiger partial charge in [0, 0.05) is 18.7 Å². The fourth-order valence-electron chi connectivity index (χ4n) is 1.88. The van der Waals surface area contributed by atoms with Crippen molar-refractivity contribution < 1.29 is 23.8 Å². The molecule has 5 nitrogen and oxygen atoms in total. The van der Waals surface area contributed by atoms with Gasteiger partial charge in [-0.05, 0) is 25.1 Å². The third-order valence-corrected chi connectivity index (χ3v) is 3.73. The lowest BCUT2D eigenvalue weighted by atomic mass is 10.3. The number of benzene rings is 1. The molecule has 1 aromatic rings. The lowest BCUT2D eigenvalue weighted by Gasteiger charge is -2.16. The van der Waals surface area contributed by atoms with Crippen LogP contribution in [0.3, 0.4) is 0 Å². The molecule has 0 aliphatic carbocycles. The van der Waals surface area contributed by atoms with E-state index in [1.807, 2.05) is 32.0 Å². The zero-order valence-corrected chi connectivity index (χ0v) is 13.1. The molecular formula is C15H18O5S. The molecule has 1 heterocycles. The molecule has 0 N–H and O–H groups in total. The van der Waals surface area contributed by atoms with Crippen molar-refractivity contribution in [3.8, 4) is 11.5 Å². The number of hydrogen-bond acceptors (Lipinski definition) is 6. The maximum Gasteiger partial charge on any atom is 0.313 e. The Balaban J connectivity index is 1.88. The van der Waals surface area contributed by atoms with Gasteiger partial charge in [0.1, 0.15) is 6.42 Å². The smallest absolute Gasteiger partial charge is 0.313 e. The Morgan fingerprint density at radius 3 is 2.67 bits per heavy atom. The molecule has 0 amide bonds. The van der Waals surface area contributed by atoms with Crippen LogP contribution >= 0.6 is 11.8 Å². The molecule has 0 spiro atoms. The number of thioether (sulfide) groups is 1. The molecule has 0 radical (unpaired) electrons. The summed E-state index contributed by atoms with van der Waals surface area (Å²) in [6.45, 7) is 5.67. The van der Waals surface area contributed by atoms with Crippen LogP contribution in [0.2, 0.25) is 0 Å². The minimum Gasteiger partial charge on any atom is -0.466 e. The zero-order valence-electron chi connectivity index (χ0n) is 12.3. The fourth-order valence-corrected chi connectivity index (χ4v) is 2.66. The molecule has 114 valence electrons. The molecule has 21 heavy (non-hydrogen) atoms. The zero-order chi connectivity index (χ0) is 15.5. The van der Waals surface area contributed by atoms with Gasteiger partial charge >= 0.3 is 5.97 Å². The molecule has 1 aliphatic heterocycles. The predicted molar refractivity (Wildman–Crippen MR) is 78.8 cm³/mol. The van der Waals surface area contributed by atoms with Crippen LogP contribution in [0.1, 0.15) is 27.2 Å². The Morgan fingerprint density at radius 2 is 1.95 bits per heavy atom. The third kappa shape index (κ3) is 4.39. The monoisotopic (exact) mass is 310 g/mol. The van der Waals surface area contributed by atoms with Crippen LogP contribution in [0.4, 0.5) is 0 Å². The van der Waals surface area contributed by atoms with Gasteiger partial charge in [-0.2, -0.15) is 0 Å². The minimum atomic E-state index is -0.661. The molecule has 0 unspecified atom stereocenters. The van der Waals surface area contributed by atoms with Gasteiger partial charge in [-0.3, -0.25) is 9.59 Å². The van der Waals surface area contributed by atoms with Gasteiger partial charge in [0.05, 0.1) is 12.4 Å². The number of esters is 1. The van der Waals surface area contributed by atoms with E-state index in [0.29, 0.717) is 11.5 Å². The van der Waals surface area contributed by atoms with E-state index in [4.69, 9.17) is 14.2 Å². The van der Waals surface area contributed by atoms with Crippen molar-refractivity contribution in [3.63, 3.8) is 0 Å². The molecular weight excluding hydrogens is 292 g/mol. The first-order chi connectivity index (χ1) is 9.89. The molecule has 1 aromatic carbocycles. The first-order valence-electron chi connectivity index (χ1n) is 6.72. The predicted octanol–water partition coefficient (Wildman–Crippen LogP) is 2.81. The Labute approximate surface area is 127 Å². The highest BCUT2D eigenvalue weighted by molar-refractivity contribution is 8.00. The highest BCUT2D eigenvalue weighted by Crippen LogP contribution is 2.41. The van der Waals surface area contributed by atoms with Crippen molar-refractivity contribution in [2.24, 2.45) is 0 Å². The average molecular weight is 310 g/mol. The summed E-state index contributed by atoms with van der Waals surface area (Å²) < 4.78 is 16.0. The lowest BCUT2D eigenvalue weighted by Crippen LogP contribution is -2.29. The maximum absolute atomic E-state index is 11.7. The Kier molecular flexibility index (Phi) is 4.77. The van der Waals surface area contributed by atoms with Crippen molar-refractivity contribution in [1.82, 2.24) is 0 Å². The van der Waals surface area contributed by atoms with Crippen molar-refractivity contribution in [3.05, 3.63) is 18.2 Å². The quantitative estimate of drug-likeness (QED) is 0.457. The van der Waals surface area contributed by atoms with Crippen LogP contribution in [-0.4, -0.2) is 29.9 Å². The van der Waals surface area contributed by atoms with Gasteiger partial charge < -0.3 is 14.2 Å². The number of fused-ring (bicyclic) bond motifs is 1. The second-order valence-electron chi connectivity index (χ2n) is 5.02. The van der Waals surface area contributed by atoms with Crippen LogP contribution in [0.5, 0.6) is 11.5 Å². The molecule has 2 rings (SSSR count). The van der Waals surface area contributed by atoms with Gasteiger partial charge in [-0.1, -0.05) is 0 Å². The van der Waals surface area contributed by atoms with Crippen LogP contribution < -0.4 is 9.47 Å². The lowest BCUT2D eigenvalue weighted by molar-refractivity contribution is -0.145. The Bertz CT molecular complexity index is 553. The first-order valence-corrected chi connectivity index (χ1v) is 7.70. The Hall–Kier alpha value is -1.69. The third-order valence-electron chi connectivity index (χ3n) is 2.67. The van der Waals surface area contributed by atoms with E-state index in [1.165, 1.54) is 11.8 Å². The standard InChI is InChI=1S/C15H18O5S/c1-4-18-14(17)7-10(16)9-21-11-5-6-12-13(8-11)20-15(2,3)19-12/h5-6,8H,4,7,9H2,1-3H3.